The first-order chi connectivity index (χ1) is 15.0. The topological polar surface area (TPSA) is 89.3 Å². The monoisotopic (exact) mass is 436 g/mol. The van der Waals surface area contributed by atoms with E-state index in [1.54, 1.807) is 12.5 Å². The summed E-state index contributed by atoms with van der Waals surface area (Å²) < 4.78 is 18.5. The minimum Gasteiger partial charge on any atom is -0.504 e. The number of rotatable bonds is 1. The summed E-state index contributed by atoms with van der Waals surface area (Å²) in [5, 5.41) is 11.4. The third kappa shape index (κ3) is 1.55. The minimum atomic E-state index is -1.04. The number of ketones is 2. The Kier molecular flexibility index (Phi) is 2.95. The van der Waals surface area contributed by atoms with Gasteiger partial charge in [0.2, 0.25) is 5.78 Å². The summed E-state index contributed by atoms with van der Waals surface area (Å²) in [4.78, 5) is 27.2. The number of aliphatic hydroxyl groups excluding tert-OH is 1. The van der Waals surface area contributed by atoms with Crippen molar-refractivity contribution in [2.75, 3.05) is 0 Å². The van der Waals surface area contributed by atoms with Crippen LogP contribution in [-0.4, -0.2) is 34.5 Å². The highest BCUT2D eigenvalue weighted by Crippen LogP contribution is 2.82. The summed E-state index contributed by atoms with van der Waals surface area (Å²) in [5.74, 6) is 0.390. The van der Waals surface area contributed by atoms with E-state index < -0.39 is 33.4 Å². The van der Waals surface area contributed by atoms with Gasteiger partial charge in [-0.05, 0) is 57.2 Å². The lowest BCUT2D eigenvalue weighted by atomic mass is 9.42. The Morgan fingerprint density at radius 2 is 1.81 bits per heavy atom. The van der Waals surface area contributed by atoms with Crippen LogP contribution in [-0.2, 0) is 19.1 Å². The number of Topliss-reactive ketones (excluding diaryl/α,β-unsaturated/α-hetero) is 2. The van der Waals surface area contributed by atoms with E-state index in [1.807, 2.05) is 26.8 Å². The number of epoxide rings is 1. The van der Waals surface area contributed by atoms with Crippen LogP contribution in [0.3, 0.4) is 0 Å². The predicted molar refractivity (Wildman–Crippen MR) is 113 cm³/mol. The summed E-state index contributed by atoms with van der Waals surface area (Å²) in [6.45, 7) is 9.85. The van der Waals surface area contributed by atoms with Crippen LogP contribution in [0.4, 0.5) is 0 Å². The number of allylic oxidation sites excluding steroid dienone is 2. The molecule has 6 heteroatoms. The molecule has 0 radical (unpaired) electrons. The van der Waals surface area contributed by atoms with Crippen molar-refractivity contribution in [2.24, 2.45) is 21.7 Å². The van der Waals surface area contributed by atoms with Crippen LogP contribution in [0.25, 0.3) is 0 Å². The van der Waals surface area contributed by atoms with Gasteiger partial charge >= 0.3 is 0 Å². The predicted octanol–water partition coefficient (Wildman–Crippen LogP) is 4.37. The van der Waals surface area contributed by atoms with Gasteiger partial charge in [-0.3, -0.25) is 9.59 Å². The molecule has 0 aromatic carbocycles. The van der Waals surface area contributed by atoms with E-state index in [0.717, 1.165) is 23.3 Å². The van der Waals surface area contributed by atoms with E-state index in [1.165, 1.54) is 0 Å². The molecule has 1 saturated heterocycles. The SMILES string of the molecule is CC1(C)C(=O)C[C@@H]2OC3=C4[C@]2(C)C1=C(O)C(=O)[C@@]4(C)[C@@]12O[C@@H]1C[C@@H](c1ccoc1)[C@]2(C)C3. The second kappa shape index (κ2) is 4.93. The van der Waals surface area contributed by atoms with Crippen LogP contribution < -0.4 is 0 Å². The van der Waals surface area contributed by atoms with Gasteiger partial charge in [-0.1, -0.05) is 6.92 Å². The maximum atomic E-state index is 14.1. The molecule has 32 heavy (non-hydrogen) atoms. The molecule has 0 bridgehead atoms. The number of carbonyl (C=O) groups excluding carboxylic acids is 2. The third-order valence-corrected chi connectivity index (χ3v) is 10.4. The first-order valence-corrected chi connectivity index (χ1v) is 11.6. The maximum Gasteiger partial charge on any atom is 0.210 e. The van der Waals surface area contributed by atoms with Crippen molar-refractivity contribution in [1.82, 2.24) is 0 Å². The zero-order valence-electron chi connectivity index (χ0n) is 19.1. The second-order valence-corrected chi connectivity index (χ2v) is 11.8. The van der Waals surface area contributed by atoms with Crippen molar-refractivity contribution in [3.63, 3.8) is 0 Å². The molecule has 168 valence electrons. The highest BCUT2D eigenvalue weighted by Gasteiger charge is 2.88. The van der Waals surface area contributed by atoms with E-state index in [-0.39, 0.29) is 35.8 Å². The number of carbonyl (C=O) groups is 2. The molecule has 1 aromatic rings. The molecule has 7 atom stereocenters. The number of hydrogen-bond acceptors (Lipinski definition) is 6. The number of furan rings is 1. The molecule has 1 N–H and O–H groups in total. The van der Waals surface area contributed by atoms with Crippen LogP contribution in [0.1, 0.15) is 65.4 Å². The van der Waals surface area contributed by atoms with Crippen LogP contribution in [0, 0.1) is 21.7 Å². The molecule has 1 spiro atoms. The van der Waals surface area contributed by atoms with E-state index in [0.29, 0.717) is 12.0 Å². The number of aliphatic hydroxyl groups is 1. The van der Waals surface area contributed by atoms with Gasteiger partial charge in [0, 0.05) is 29.2 Å². The molecule has 3 fully saturated rings. The number of ether oxygens (including phenoxy) is 2. The lowest BCUT2D eigenvalue weighted by Gasteiger charge is -2.57. The van der Waals surface area contributed by atoms with Crippen molar-refractivity contribution in [1.29, 1.82) is 0 Å². The Morgan fingerprint density at radius 1 is 1.06 bits per heavy atom. The Balaban J connectivity index is 1.52. The fourth-order valence-electron chi connectivity index (χ4n) is 9.05. The van der Waals surface area contributed by atoms with Gasteiger partial charge in [-0.25, -0.2) is 0 Å². The van der Waals surface area contributed by atoms with Crippen LogP contribution >= 0.6 is 0 Å². The lowest BCUT2D eigenvalue weighted by Crippen LogP contribution is -2.63. The van der Waals surface area contributed by atoms with Crippen molar-refractivity contribution in [2.45, 2.75) is 77.6 Å². The highest BCUT2D eigenvalue weighted by molar-refractivity contribution is 6.07. The summed E-state index contributed by atoms with van der Waals surface area (Å²) >= 11 is 0. The molecule has 0 unspecified atom stereocenters. The van der Waals surface area contributed by atoms with E-state index >= 15 is 0 Å². The quantitative estimate of drug-likeness (QED) is 0.658. The largest absolute Gasteiger partial charge is 0.504 e. The molecule has 1 aromatic heterocycles. The van der Waals surface area contributed by atoms with Crippen LogP contribution in [0.15, 0.2) is 45.7 Å². The molecule has 0 amide bonds. The van der Waals surface area contributed by atoms with Crippen molar-refractivity contribution in [3.8, 4) is 0 Å². The van der Waals surface area contributed by atoms with E-state index in [9.17, 15) is 14.7 Å². The minimum absolute atomic E-state index is 0.000772. The Bertz CT molecular complexity index is 1200. The van der Waals surface area contributed by atoms with Crippen molar-refractivity contribution < 1.29 is 28.6 Å². The van der Waals surface area contributed by atoms with E-state index in [2.05, 4.69) is 13.8 Å². The first kappa shape index (κ1) is 19.2. The Hall–Kier alpha value is -2.34. The van der Waals surface area contributed by atoms with Gasteiger partial charge in [0.25, 0.3) is 0 Å². The highest BCUT2D eigenvalue weighted by atomic mass is 16.6. The van der Waals surface area contributed by atoms with Gasteiger partial charge in [-0.2, -0.15) is 0 Å². The van der Waals surface area contributed by atoms with Gasteiger partial charge in [0.15, 0.2) is 5.76 Å². The summed E-state index contributed by atoms with van der Waals surface area (Å²) in [6, 6.07) is 2.00. The molecule has 6 aliphatic rings. The first-order valence-electron chi connectivity index (χ1n) is 11.6. The summed E-state index contributed by atoms with van der Waals surface area (Å²) in [6.07, 6.45) is 4.74. The average Bonchev–Trinajstić information content (AvgIpc) is 2.98. The fourth-order valence-corrected chi connectivity index (χ4v) is 9.05. The molecular weight excluding hydrogens is 408 g/mol. The van der Waals surface area contributed by atoms with Crippen molar-refractivity contribution >= 4 is 11.6 Å². The average molecular weight is 437 g/mol. The van der Waals surface area contributed by atoms with Gasteiger partial charge in [-0.15, -0.1) is 0 Å². The molecule has 2 aliphatic heterocycles. The Labute approximate surface area is 186 Å². The third-order valence-electron chi connectivity index (χ3n) is 10.4. The summed E-state index contributed by atoms with van der Waals surface area (Å²) in [5.41, 5.74) is -1.17. The van der Waals surface area contributed by atoms with Gasteiger partial charge in [0.05, 0.1) is 35.2 Å². The molecule has 6 nitrogen and oxygen atoms in total. The smallest absolute Gasteiger partial charge is 0.210 e. The maximum absolute atomic E-state index is 14.1. The van der Waals surface area contributed by atoms with Gasteiger partial charge < -0.3 is 19.0 Å². The molecule has 7 rings (SSSR count). The molecular formula is C26H28O6. The zero-order chi connectivity index (χ0) is 22.6. The summed E-state index contributed by atoms with van der Waals surface area (Å²) in [7, 11) is 0. The lowest BCUT2D eigenvalue weighted by molar-refractivity contribution is -0.139. The molecule has 2 saturated carbocycles. The van der Waals surface area contributed by atoms with E-state index in [4.69, 9.17) is 13.9 Å². The van der Waals surface area contributed by atoms with Gasteiger partial charge in [0.1, 0.15) is 17.5 Å². The normalized spacial score (nSPS) is 49.6. The number of hydrogen-bond donors (Lipinski definition) is 1. The second-order valence-electron chi connectivity index (χ2n) is 11.8. The molecule has 4 aliphatic carbocycles. The van der Waals surface area contributed by atoms with Crippen LogP contribution in [0.5, 0.6) is 0 Å². The van der Waals surface area contributed by atoms with Crippen molar-refractivity contribution in [3.05, 3.63) is 46.8 Å². The zero-order valence-corrected chi connectivity index (χ0v) is 19.1. The van der Waals surface area contributed by atoms with Crippen LogP contribution in [0.2, 0.25) is 0 Å². The molecule has 3 heterocycles. The standard InChI is InChI=1S/C26H28O6/c1-22(2)15(27)9-16-24(4)19-14(31-16)10-23(3)13(12-6-7-30-11-12)8-17-26(23,32-17)25(19,5)21(29)18(28)20(22)24/h6-7,11,13,16-17,28H,8-10H2,1-5H3/t13-,16-,17+,23-,24+,25-,26+/m0/s1. The fraction of sp³-hybridized carbons (Fsp3) is 0.615. The Morgan fingerprint density at radius 3 is 2.50 bits per heavy atom.